The van der Waals surface area contributed by atoms with Gasteiger partial charge in [-0.2, -0.15) is 5.26 Å². The number of amides is 2. The molecule has 1 aliphatic heterocycles. The Morgan fingerprint density at radius 3 is 2.73 bits per heavy atom. The average molecular weight is 459 g/mol. The van der Waals surface area contributed by atoms with Crippen LogP contribution in [0.1, 0.15) is 52.9 Å². The predicted octanol–water partition coefficient (Wildman–Crippen LogP) is 4.66. The smallest absolute Gasteiger partial charge is 0.225 e. The van der Waals surface area contributed by atoms with Crippen molar-refractivity contribution in [3.8, 4) is 6.07 Å². The first-order valence-corrected chi connectivity index (χ1v) is 11.9. The van der Waals surface area contributed by atoms with Crippen LogP contribution in [0.25, 0.3) is 0 Å². The summed E-state index contributed by atoms with van der Waals surface area (Å²) < 4.78 is 0. The van der Waals surface area contributed by atoms with Crippen LogP contribution < -0.4 is 5.32 Å². The van der Waals surface area contributed by atoms with E-state index in [-0.39, 0.29) is 17.7 Å². The first-order chi connectivity index (χ1) is 16.0. The zero-order valence-corrected chi connectivity index (χ0v) is 19.4. The summed E-state index contributed by atoms with van der Waals surface area (Å²) in [5.41, 5.74) is 3.51. The maximum Gasteiger partial charge on any atom is 0.225 e. The Morgan fingerprint density at radius 1 is 1.21 bits per heavy atom. The number of rotatable bonds is 7. The van der Waals surface area contributed by atoms with Gasteiger partial charge in [0.15, 0.2) is 0 Å². The van der Waals surface area contributed by atoms with Crippen molar-refractivity contribution in [2.45, 2.75) is 45.1 Å². The zero-order chi connectivity index (χ0) is 23.2. The largest absolute Gasteiger partial charge is 0.337 e. The number of thiophene rings is 1. The van der Waals surface area contributed by atoms with Gasteiger partial charge in [0.05, 0.1) is 12.1 Å². The van der Waals surface area contributed by atoms with E-state index in [0.29, 0.717) is 49.3 Å². The van der Waals surface area contributed by atoms with Crippen LogP contribution in [0.15, 0.2) is 54.7 Å². The highest BCUT2D eigenvalue weighted by molar-refractivity contribution is 7.16. The molecule has 0 aliphatic carbocycles. The molecule has 1 aromatic carbocycles. The molecule has 0 fully saturated rings. The van der Waals surface area contributed by atoms with Crippen molar-refractivity contribution in [1.29, 1.82) is 5.26 Å². The van der Waals surface area contributed by atoms with E-state index in [0.717, 1.165) is 21.7 Å². The lowest BCUT2D eigenvalue weighted by Gasteiger charge is -2.27. The minimum absolute atomic E-state index is 0.0820. The third-order valence-corrected chi connectivity index (χ3v) is 7.09. The predicted molar refractivity (Wildman–Crippen MR) is 129 cm³/mol. The highest BCUT2D eigenvalue weighted by atomic mass is 32.1. The molecule has 1 unspecified atom stereocenters. The molecule has 3 aromatic rings. The van der Waals surface area contributed by atoms with Crippen LogP contribution in [0, 0.1) is 11.3 Å². The van der Waals surface area contributed by atoms with Gasteiger partial charge in [-0.15, -0.1) is 11.3 Å². The first kappa shape index (κ1) is 22.7. The second kappa shape index (κ2) is 10.4. The number of pyridine rings is 1. The topological polar surface area (TPSA) is 86.1 Å². The fourth-order valence-corrected chi connectivity index (χ4v) is 5.35. The fraction of sp³-hybridized carbons (Fsp3) is 0.308. The highest BCUT2D eigenvalue weighted by Crippen LogP contribution is 2.37. The van der Waals surface area contributed by atoms with E-state index >= 15 is 0 Å². The summed E-state index contributed by atoms with van der Waals surface area (Å²) in [6.45, 7) is 3.08. The maximum atomic E-state index is 12.7. The normalized spacial score (nSPS) is 13.6. The van der Waals surface area contributed by atoms with E-state index in [4.69, 9.17) is 0 Å². The van der Waals surface area contributed by atoms with Gasteiger partial charge in [-0.3, -0.25) is 14.6 Å². The lowest BCUT2D eigenvalue weighted by Crippen LogP contribution is -2.35. The number of benzene rings is 1. The Morgan fingerprint density at radius 2 is 2.00 bits per heavy atom. The monoisotopic (exact) mass is 458 g/mol. The van der Waals surface area contributed by atoms with Gasteiger partial charge in [-0.25, -0.2) is 0 Å². The minimum atomic E-state index is -0.107. The number of fused-ring (bicyclic) bond motifs is 1. The van der Waals surface area contributed by atoms with Crippen LogP contribution in [0.3, 0.4) is 0 Å². The Labute approximate surface area is 197 Å². The van der Waals surface area contributed by atoms with Crippen molar-refractivity contribution in [1.82, 2.24) is 9.88 Å². The summed E-state index contributed by atoms with van der Waals surface area (Å²) in [6.07, 6.45) is 3.72. The van der Waals surface area contributed by atoms with Crippen LogP contribution in [0.4, 0.5) is 5.00 Å². The van der Waals surface area contributed by atoms with Crippen LogP contribution in [0.2, 0.25) is 0 Å². The molecular formula is C26H26N4O2S. The molecule has 4 rings (SSSR count). The molecule has 0 saturated heterocycles. The Kier molecular flexibility index (Phi) is 7.16. The lowest BCUT2D eigenvalue weighted by atomic mass is 9.97. The zero-order valence-electron chi connectivity index (χ0n) is 18.6. The van der Waals surface area contributed by atoms with Crippen LogP contribution in [-0.4, -0.2) is 28.2 Å². The molecule has 0 bridgehead atoms. The number of carbonyl (C=O) groups excluding carboxylic acids is 2. The molecule has 1 atom stereocenters. The standard InChI is InChI=1S/C26H26N4O2S/c1-18(19-7-3-2-4-8-19)15-24(31)29-26-22(16-27)21-12-14-30(17-23(21)33-26)25(32)11-10-20-9-5-6-13-28-20/h2-9,13,18H,10-12,14-15,17H2,1H3,(H,29,31). The first-order valence-electron chi connectivity index (χ1n) is 11.1. The molecule has 6 nitrogen and oxygen atoms in total. The number of nitriles is 1. The molecule has 33 heavy (non-hydrogen) atoms. The second-order valence-electron chi connectivity index (χ2n) is 8.27. The van der Waals surface area contributed by atoms with Gasteiger partial charge in [0.25, 0.3) is 0 Å². The molecule has 2 amide bonds. The van der Waals surface area contributed by atoms with Crippen molar-refractivity contribution < 1.29 is 9.59 Å². The van der Waals surface area contributed by atoms with Crippen LogP contribution >= 0.6 is 11.3 Å². The number of aryl methyl sites for hydroxylation is 1. The Balaban J connectivity index is 1.39. The van der Waals surface area contributed by atoms with E-state index in [1.165, 1.54) is 11.3 Å². The number of hydrogen-bond donors (Lipinski definition) is 1. The average Bonchev–Trinajstić information content (AvgIpc) is 3.19. The third-order valence-electron chi connectivity index (χ3n) is 5.96. The molecule has 1 N–H and O–H groups in total. The second-order valence-corrected chi connectivity index (χ2v) is 9.38. The van der Waals surface area contributed by atoms with Crippen LogP contribution in [0.5, 0.6) is 0 Å². The van der Waals surface area contributed by atoms with E-state index in [1.807, 2.05) is 60.4 Å². The molecule has 7 heteroatoms. The number of aromatic nitrogens is 1. The molecular weight excluding hydrogens is 432 g/mol. The molecule has 168 valence electrons. The van der Waals surface area contributed by atoms with Crippen LogP contribution in [-0.2, 0) is 29.0 Å². The summed E-state index contributed by atoms with van der Waals surface area (Å²) >= 11 is 1.41. The summed E-state index contributed by atoms with van der Waals surface area (Å²) in [6, 6.07) is 17.9. The summed E-state index contributed by atoms with van der Waals surface area (Å²) in [4.78, 5) is 32.5. The number of nitrogens with zero attached hydrogens (tertiary/aromatic N) is 3. The van der Waals surface area contributed by atoms with Gasteiger partial charge in [-0.1, -0.05) is 43.3 Å². The number of nitrogens with one attached hydrogen (secondary N) is 1. The number of anilines is 1. The van der Waals surface area contributed by atoms with Crippen molar-refractivity contribution in [3.63, 3.8) is 0 Å². The van der Waals surface area contributed by atoms with Gasteiger partial charge in [0.2, 0.25) is 11.8 Å². The lowest BCUT2D eigenvalue weighted by molar-refractivity contribution is -0.132. The highest BCUT2D eigenvalue weighted by Gasteiger charge is 2.27. The van der Waals surface area contributed by atoms with Gasteiger partial charge >= 0.3 is 0 Å². The molecule has 0 spiro atoms. The Bertz CT molecular complexity index is 1170. The van der Waals surface area contributed by atoms with Gasteiger partial charge in [0, 0.05) is 36.2 Å². The van der Waals surface area contributed by atoms with Crippen molar-refractivity contribution in [2.24, 2.45) is 0 Å². The van der Waals surface area contributed by atoms with Gasteiger partial charge < -0.3 is 10.2 Å². The van der Waals surface area contributed by atoms with Crippen molar-refractivity contribution in [2.75, 3.05) is 11.9 Å². The number of hydrogen-bond acceptors (Lipinski definition) is 5. The van der Waals surface area contributed by atoms with Crippen molar-refractivity contribution in [3.05, 3.63) is 82.0 Å². The van der Waals surface area contributed by atoms with E-state index in [2.05, 4.69) is 16.4 Å². The molecule has 0 radical (unpaired) electrons. The van der Waals surface area contributed by atoms with E-state index < -0.39 is 0 Å². The molecule has 0 saturated carbocycles. The summed E-state index contributed by atoms with van der Waals surface area (Å²) in [7, 11) is 0. The quantitative estimate of drug-likeness (QED) is 0.558. The molecule has 2 aromatic heterocycles. The minimum Gasteiger partial charge on any atom is -0.337 e. The molecule has 1 aliphatic rings. The number of carbonyl (C=O) groups is 2. The fourth-order valence-electron chi connectivity index (χ4n) is 4.12. The third kappa shape index (κ3) is 5.47. The van der Waals surface area contributed by atoms with Gasteiger partial charge in [-0.05, 0) is 42.0 Å². The van der Waals surface area contributed by atoms with Gasteiger partial charge in [0.1, 0.15) is 11.1 Å². The van der Waals surface area contributed by atoms with E-state index in [9.17, 15) is 14.9 Å². The Hall–Kier alpha value is -3.50. The van der Waals surface area contributed by atoms with E-state index in [1.54, 1.807) is 6.20 Å². The maximum absolute atomic E-state index is 12.7. The van der Waals surface area contributed by atoms with Crippen molar-refractivity contribution >= 4 is 28.2 Å². The summed E-state index contributed by atoms with van der Waals surface area (Å²) in [5.74, 6) is 0.0590. The summed E-state index contributed by atoms with van der Waals surface area (Å²) in [5, 5.41) is 13.3. The SMILES string of the molecule is CC(CC(=O)Nc1sc2c(c1C#N)CCN(C(=O)CCc1ccccn1)C2)c1ccccc1. The molecule has 3 heterocycles.